The molecule has 0 atom stereocenters. The molecule has 7 N–H and O–H groups in total. The number of hydrogen-bond acceptors (Lipinski definition) is 10. The van der Waals surface area contributed by atoms with Gasteiger partial charge in [-0.3, -0.25) is 20.4 Å². The molecular weight excluding hydrogens is 622 g/mol. The summed E-state index contributed by atoms with van der Waals surface area (Å²) >= 11 is 0. The first-order valence-corrected chi connectivity index (χ1v) is 15.5. The summed E-state index contributed by atoms with van der Waals surface area (Å²) in [5.41, 5.74) is -1.44. The van der Waals surface area contributed by atoms with Gasteiger partial charge in [-0.05, 0) is 73.6 Å². The molecule has 18 heteroatoms. The zero-order valence-corrected chi connectivity index (χ0v) is 28.4. The van der Waals surface area contributed by atoms with E-state index in [0.29, 0.717) is 58.0 Å². The van der Waals surface area contributed by atoms with Crippen LogP contribution in [0.5, 0.6) is 0 Å². The fraction of sp³-hybridized carbons (Fsp3) is 0.759. The molecular formula is C29H53N7O11. The van der Waals surface area contributed by atoms with E-state index in [1.807, 2.05) is 5.32 Å². The molecule has 0 saturated carbocycles. The van der Waals surface area contributed by atoms with E-state index in [9.17, 15) is 28.8 Å². The maximum atomic E-state index is 12.5. The molecule has 0 fully saturated rings. The van der Waals surface area contributed by atoms with E-state index in [0.717, 1.165) is 0 Å². The number of alkyl carbamates (subject to hydrolysis) is 2. The summed E-state index contributed by atoms with van der Waals surface area (Å²) in [5.74, 6) is -0.486. The number of carbonyl (C=O) groups excluding carboxylic acids is 4. The number of rotatable bonds is 18. The largest absolute Gasteiger partial charge is 0.465 e. The van der Waals surface area contributed by atoms with Crippen LogP contribution < -0.4 is 26.6 Å². The zero-order valence-electron chi connectivity index (χ0n) is 28.4. The third kappa shape index (κ3) is 27.5. The van der Waals surface area contributed by atoms with Gasteiger partial charge >= 0.3 is 30.5 Å². The van der Waals surface area contributed by atoms with Crippen LogP contribution in [0, 0.1) is 0 Å². The van der Waals surface area contributed by atoms with E-state index < -0.39 is 41.7 Å². The van der Waals surface area contributed by atoms with Gasteiger partial charge < -0.3 is 45.3 Å². The minimum atomic E-state index is -1.38. The van der Waals surface area contributed by atoms with Crippen molar-refractivity contribution in [1.82, 2.24) is 31.5 Å². The Morgan fingerprint density at radius 1 is 0.681 bits per heavy atom. The Balaban J connectivity index is 4.17. The highest BCUT2D eigenvalue weighted by Gasteiger charge is 2.22. The Morgan fingerprint density at radius 3 is 1.94 bits per heavy atom. The number of guanidine groups is 1. The summed E-state index contributed by atoms with van der Waals surface area (Å²) < 4.78 is 15.6. The van der Waals surface area contributed by atoms with Gasteiger partial charge in [0.2, 0.25) is 11.9 Å². The number of carboxylic acid groups (broad SMARTS) is 2. The SMILES string of the molecule is CC(C)(C)OC(=O)NC(=NCCCCCCC(=O)NCNC(=O)OCCCCN(CCCNC(=O)O)C(=O)OC(C)(C)C)NC(=O)O. The van der Waals surface area contributed by atoms with Gasteiger partial charge in [0.15, 0.2) is 0 Å². The highest BCUT2D eigenvalue weighted by molar-refractivity contribution is 6.00. The van der Waals surface area contributed by atoms with Crippen molar-refractivity contribution in [2.75, 3.05) is 39.5 Å². The van der Waals surface area contributed by atoms with Crippen molar-refractivity contribution in [3.8, 4) is 0 Å². The second kappa shape index (κ2) is 22.9. The summed E-state index contributed by atoms with van der Waals surface area (Å²) in [5, 5.41) is 29.1. The van der Waals surface area contributed by atoms with Crippen LogP contribution in [0.1, 0.15) is 92.9 Å². The van der Waals surface area contributed by atoms with Crippen LogP contribution in [0.4, 0.5) is 24.0 Å². The average molecular weight is 676 g/mol. The van der Waals surface area contributed by atoms with Gasteiger partial charge in [0.25, 0.3) is 0 Å². The number of aliphatic imine (C=N–C) groups is 1. The molecule has 0 aliphatic carbocycles. The predicted octanol–water partition coefficient (Wildman–Crippen LogP) is 3.56. The van der Waals surface area contributed by atoms with Crippen molar-refractivity contribution in [3.63, 3.8) is 0 Å². The van der Waals surface area contributed by atoms with Crippen molar-refractivity contribution >= 4 is 42.3 Å². The molecule has 47 heavy (non-hydrogen) atoms. The van der Waals surface area contributed by atoms with Gasteiger partial charge in [-0.15, -0.1) is 0 Å². The predicted molar refractivity (Wildman–Crippen MR) is 171 cm³/mol. The maximum Gasteiger partial charge on any atom is 0.414 e. The molecule has 0 radical (unpaired) electrons. The lowest BCUT2D eigenvalue weighted by Gasteiger charge is -2.27. The minimum Gasteiger partial charge on any atom is -0.465 e. The Labute approximate surface area is 275 Å². The number of amides is 6. The standard InChI is InChI=1S/C29H53N7O11/c1-28(2,3)46-26(43)35-22(34-24(40)41)30-15-10-8-7-9-14-21(37)32-20-33-25(42)45-19-12-11-17-36(18-13-16-31-23(38)39)27(44)47-29(4,5)6/h31H,7-20H2,1-6H3,(H,32,37)(H,33,42)(H,38,39)(H,40,41)(H2,30,34,35,43). The normalized spacial score (nSPS) is 11.5. The molecule has 0 saturated heterocycles. The fourth-order valence-electron chi connectivity index (χ4n) is 3.56. The molecule has 0 rings (SSSR count). The third-order valence-corrected chi connectivity index (χ3v) is 5.53. The van der Waals surface area contributed by atoms with E-state index in [1.54, 1.807) is 41.5 Å². The zero-order chi connectivity index (χ0) is 35.9. The van der Waals surface area contributed by atoms with E-state index in [4.69, 9.17) is 24.4 Å². The second-order valence-corrected chi connectivity index (χ2v) is 12.3. The van der Waals surface area contributed by atoms with Gasteiger partial charge in [-0.25, -0.2) is 24.0 Å². The van der Waals surface area contributed by atoms with E-state index in [2.05, 4.69) is 26.3 Å². The van der Waals surface area contributed by atoms with Gasteiger partial charge in [-0.1, -0.05) is 12.8 Å². The molecule has 0 aromatic rings. The van der Waals surface area contributed by atoms with Gasteiger partial charge in [0, 0.05) is 32.6 Å². The van der Waals surface area contributed by atoms with E-state index >= 15 is 0 Å². The van der Waals surface area contributed by atoms with Crippen molar-refractivity contribution in [1.29, 1.82) is 0 Å². The molecule has 0 aromatic carbocycles. The molecule has 0 unspecified atom stereocenters. The monoisotopic (exact) mass is 675 g/mol. The number of nitrogens with zero attached hydrogens (tertiary/aromatic N) is 2. The Morgan fingerprint density at radius 2 is 1.32 bits per heavy atom. The Hall–Kier alpha value is -4.51. The first-order valence-electron chi connectivity index (χ1n) is 15.5. The lowest BCUT2D eigenvalue weighted by atomic mass is 10.1. The van der Waals surface area contributed by atoms with Crippen LogP contribution in [0.3, 0.4) is 0 Å². The molecule has 0 aromatic heterocycles. The van der Waals surface area contributed by atoms with Crippen molar-refractivity contribution < 1.29 is 53.2 Å². The molecule has 18 nitrogen and oxygen atoms in total. The lowest BCUT2D eigenvalue weighted by molar-refractivity contribution is -0.121. The van der Waals surface area contributed by atoms with Crippen LogP contribution in [-0.2, 0) is 19.0 Å². The molecule has 0 aliphatic rings. The van der Waals surface area contributed by atoms with Crippen molar-refractivity contribution in [2.45, 2.75) is 104 Å². The van der Waals surface area contributed by atoms with Crippen molar-refractivity contribution in [3.05, 3.63) is 0 Å². The lowest BCUT2D eigenvalue weighted by Crippen LogP contribution is -2.45. The van der Waals surface area contributed by atoms with Crippen LogP contribution in [-0.4, -0.2) is 108 Å². The molecule has 0 heterocycles. The highest BCUT2D eigenvalue weighted by atomic mass is 16.6. The summed E-state index contributed by atoms with van der Waals surface area (Å²) in [6.07, 6.45) is -0.306. The summed E-state index contributed by atoms with van der Waals surface area (Å²) in [6, 6.07) is 0. The molecule has 0 bridgehead atoms. The summed E-state index contributed by atoms with van der Waals surface area (Å²) in [7, 11) is 0. The number of ether oxygens (including phenoxy) is 3. The maximum absolute atomic E-state index is 12.5. The minimum absolute atomic E-state index is 0.0947. The quantitative estimate of drug-likeness (QED) is 0.0364. The van der Waals surface area contributed by atoms with Crippen LogP contribution in [0.25, 0.3) is 0 Å². The summed E-state index contributed by atoms with van der Waals surface area (Å²) in [4.78, 5) is 75.3. The van der Waals surface area contributed by atoms with Crippen LogP contribution in [0.2, 0.25) is 0 Å². The summed E-state index contributed by atoms with van der Waals surface area (Å²) in [6.45, 7) is 11.3. The number of hydrogen-bond donors (Lipinski definition) is 7. The van der Waals surface area contributed by atoms with Crippen LogP contribution in [0.15, 0.2) is 4.99 Å². The van der Waals surface area contributed by atoms with Gasteiger partial charge in [0.05, 0.1) is 13.3 Å². The first kappa shape index (κ1) is 42.5. The van der Waals surface area contributed by atoms with Crippen molar-refractivity contribution in [2.24, 2.45) is 4.99 Å². The average Bonchev–Trinajstić information content (AvgIpc) is 2.90. The fourth-order valence-corrected chi connectivity index (χ4v) is 3.56. The van der Waals surface area contributed by atoms with Gasteiger partial charge in [-0.2, -0.15) is 0 Å². The van der Waals surface area contributed by atoms with E-state index in [1.165, 1.54) is 4.90 Å². The number of carbonyl (C=O) groups is 6. The molecule has 0 aliphatic heterocycles. The van der Waals surface area contributed by atoms with E-state index in [-0.39, 0.29) is 44.7 Å². The number of nitrogens with one attached hydrogen (secondary N) is 5. The third-order valence-electron chi connectivity index (χ3n) is 5.53. The number of unbranched alkanes of at least 4 members (excludes halogenated alkanes) is 4. The topological polar surface area (TPSA) is 246 Å². The molecule has 270 valence electrons. The Bertz CT molecular complexity index is 1040. The van der Waals surface area contributed by atoms with Crippen LogP contribution >= 0.6 is 0 Å². The molecule has 0 spiro atoms. The molecule has 6 amide bonds. The highest BCUT2D eigenvalue weighted by Crippen LogP contribution is 2.11. The van der Waals surface area contributed by atoms with Gasteiger partial charge in [0.1, 0.15) is 11.2 Å². The second-order valence-electron chi connectivity index (χ2n) is 12.3. The Kier molecular flexibility index (Phi) is 20.7. The smallest absolute Gasteiger partial charge is 0.414 e. The first-order chi connectivity index (χ1) is 21.9.